The van der Waals surface area contributed by atoms with Gasteiger partial charge in [0.25, 0.3) is 23.2 Å². The maximum atomic E-state index is 13.3. The summed E-state index contributed by atoms with van der Waals surface area (Å²) in [6, 6.07) is 12.6. The Morgan fingerprint density at radius 1 is 0.745 bits per heavy atom. The zero-order valence-corrected chi connectivity index (χ0v) is 30.9. The second-order valence-corrected chi connectivity index (χ2v) is 16.2. The highest BCUT2D eigenvalue weighted by atomic mass is 32.2. The van der Waals surface area contributed by atoms with E-state index in [0.717, 1.165) is 77.3 Å². The Labute approximate surface area is 307 Å². The van der Waals surface area contributed by atoms with Gasteiger partial charge in [-0.25, -0.2) is 30.2 Å². The van der Waals surface area contributed by atoms with Crippen molar-refractivity contribution in [1.29, 1.82) is 10.5 Å². The van der Waals surface area contributed by atoms with E-state index in [4.69, 9.17) is 23.1 Å². The van der Waals surface area contributed by atoms with Gasteiger partial charge in [0.1, 0.15) is 10.1 Å². The van der Waals surface area contributed by atoms with Gasteiger partial charge >= 0.3 is 0 Å². The highest BCUT2D eigenvalue weighted by Gasteiger charge is 2.41. The molecule has 0 saturated carbocycles. The molecule has 2 aliphatic carbocycles. The SMILES string of the molecule is [C-]#[N+]/C(C#N)=C1\SC(=NC2=Cc3cc4sc5cc6c(cc5c4cc3C2(C)C)C(C)(C)C(N=C2S/C(=C(\C#N)[N+]#[C-])N(CC)C2=O)=C6)C(=O)N1CC. The summed E-state index contributed by atoms with van der Waals surface area (Å²) >= 11 is 3.85. The van der Waals surface area contributed by atoms with Gasteiger partial charge in [-0.2, -0.15) is 0 Å². The number of rotatable bonds is 4. The number of amides is 2. The van der Waals surface area contributed by atoms with Crippen LogP contribution in [0.1, 0.15) is 63.8 Å². The van der Waals surface area contributed by atoms with E-state index in [0.29, 0.717) is 23.1 Å². The molecular weight excluding hydrogens is 697 g/mol. The van der Waals surface area contributed by atoms with Crippen LogP contribution in [0.5, 0.6) is 0 Å². The summed E-state index contributed by atoms with van der Waals surface area (Å²) in [6.07, 6.45) is 4.05. The Balaban J connectivity index is 1.26. The third-order valence-corrected chi connectivity index (χ3v) is 12.9. The van der Waals surface area contributed by atoms with E-state index < -0.39 is 10.8 Å². The Morgan fingerprint density at radius 3 is 1.47 bits per heavy atom. The van der Waals surface area contributed by atoms with E-state index in [1.165, 1.54) is 9.80 Å². The van der Waals surface area contributed by atoms with Crippen LogP contribution in [0.2, 0.25) is 0 Å². The lowest BCUT2D eigenvalue weighted by Gasteiger charge is -2.23. The van der Waals surface area contributed by atoms with Crippen LogP contribution in [0.3, 0.4) is 0 Å². The molecule has 2 fully saturated rings. The van der Waals surface area contributed by atoms with Gasteiger partial charge in [0, 0.05) is 44.1 Å². The molecule has 1 aromatic heterocycles. The van der Waals surface area contributed by atoms with Gasteiger partial charge in [0.2, 0.25) is 0 Å². The van der Waals surface area contributed by atoms with E-state index in [-0.39, 0.29) is 33.3 Å². The molecule has 13 heteroatoms. The van der Waals surface area contributed by atoms with Crippen LogP contribution in [-0.2, 0) is 20.4 Å². The smallest absolute Gasteiger partial charge is 0.291 e. The number of thiophene rings is 1. The maximum Gasteiger partial charge on any atom is 0.291 e. The van der Waals surface area contributed by atoms with Crippen molar-refractivity contribution in [3.8, 4) is 12.1 Å². The lowest BCUT2D eigenvalue weighted by molar-refractivity contribution is -0.121. The molecule has 0 radical (unpaired) electrons. The summed E-state index contributed by atoms with van der Waals surface area (Å²) < 4.78 is 2.25. The third-order valence-electron chi connectivity index (χ3n) is 9.68. The molecule has 0 bridgehead atoms. The minimum Gasteiger partial charge on any atom is -0.309 e. The second kappa shape index (κ2) is 12.1. The topological polar surface area (TPSA) is 122 Å². The molecule has 0 atom stereocenters. The van der Waals surface area contributed by atoms with Crippen molar-refractivity contribution >= 4 is 89.1 Å². The van der Waals surface area contributed by atoms with Gasteiger partial charge in [0.05, 0.1) is 36.7 Å². The van der Waals surface area contributed by atoms with Crippen LogP contribution < -0.4 is 0 Å². The molecule has 10 nitrogen and oxygen atoms in total. The fraction of sp³-hybridized carbons (Fsp3) is 0.263. The monoisotopic (exact) mass is 724 g/mol. The average molecular weight is 725 g/mol. The lowest BCUT2D eigenvalue weighted by atomic mass is 9.83. The van der Waals surface area contributed by atoms with Gasteiger partial charge < -0.3 is 9.80 Å². The first-order valence-electron chi connectivity index (χ1n) is 16.0. The first kappa shape index (κ1) is 34.0. The number of carbonyl (C=O) groups excluding carboxylic acids is 2. The van der Waals surface area contributed by atoms with Crippen LogP contribution in [0, 0.1) is 35.8 Å². The fourth-order valence-electron chi connectivity index (χ4n) is 6.82. The Hall–Kier alpha value is -5.44. The Morgan fingerprint density at radius 2 is 1.14 bits per heavy atom. The van der Waals surface area contributed by atoms with Gasteiger partial charge in [-0.15, -0.1) is 11.3 Å². The van der Waals surface area contributed by atoms with E-state index in [1.807, 2.05) is 24.3 Å². The number of carbonyl (C=O) groups is 2. The summed E-state index contributed by atoms with van der Waals surface area (Å²) in [5, 5.41) is 22.3. The number of hydrogen-bond donors (Lipinski definition) is 0. The van der Waals surface area contributed by atoms with Crippen LogP contribution in [0.25, 0.3) is 42.0 Å². The highest BCUT2D eigenvalue weighted by molar-refractivity contribution is 8.20. The first-order chi connectivity index (χ1) is 24.3. The van der Waals surface area contributed by atoms with Crippen molar-refractivity contribution < 1.29 is 9.59 Å². The van der Waals surface area contributed by atoms with Crippen LogP contribution in [-0.4, -0.2) is 44.8 Å². The van der Waals surface area contributed by atoms with Gasteiger partial charge in [-0.1, -0.05) is 51.2 Å². The van der Waals surface area contributed by atoms with Gasteiger partial charge in [-0.3, -0.25) is 9.59 Å². The minimum absolute atomic E-state index is 0.119. The van der Waals surface area contributed by atoms with Crippen molar-refractivity contribution in [2.75, 3.05) is 13.1 Å². The summed E-state index contributed by atoms with van der Waals surface area (Å²) in [5.41, 5.74) is 4.46. The van der Waals surface area contributed by atoms with Crippen LogP contribution >= 0.6 is 34.9 Å². The summed E-state index contributed by atoms with van der Waals surface area (Å²) in [4.78, 5) is 45.7. The zero-order chi connectivity index (χ0) is 36.6. The molecule has 2 saturated heterocycles. The molecule has 7 rings (SSSR count). The number of nitrogens with zero attached hydrogens (tertiary/aromatic N) is 8. The number of hydrogen-bond acceptors (Lipinski definition) is 9. The maximum absolute atomic E-state index is 13.3. The molecule has 2 aliphatic heterocycles. The number of fused-ring (bicyclic) bond motifs is 5. The Bertz CT molecular complexity index is 2350. The summed E-state index contributed by atoms with van der Waals surface area (Å²) in [5.74, 6) is -0.622. The molecule has 3 heterocycles. The molecule has 2 aromatic carbocycles. The molecule has 4 aliphatic rings. The number of thioether (sulfide) groups is 2. The molecule has 0 spiro atoms. The fourth-order valence-corrected chi connectivity index (χ4v) is 10.1. The Kier molecular flexibility index (Phi) is 8.08. The summed E-state index contributed by atoms with van der Waals surface area (Å²) in [6.45, 7) is 27.4. The predicted octanol–water partition coefficient (Wildman–Crippen LogP) is 8.53. The van der Waals surface area contributed by atoms with Crippen molar-refractivity contribution in [3.05, 3.63) is 102 Å². The number of aliphatic imine (C=N–C) groups is 2. The lowest BCUT2D eigenvalue weighted by Crippen LogP contribution is -2.27. The standard InChI is InChI=1S/C38H28N8O2S3/c1-9-45-33(47)31(50-35(45)25(17-39)41-7)43-29-13-19-11-27-21(15-23(19)37(29,3)4)22-16-24-20(12-28(22)49-27)14-30(38(24,5)6)44-32-34(48)46(10-2)36(51-32)26(18-40)42-8/h11-16H,9-10H2,1-6H3/b35-25-,36-26+,43-31?,44-32?. The molecule has 2 amide bonds. The average Bonchev–Trinajstić information content (AvgIpc) is 3.84. The largest absolute Gasteiger partial charge is 0.309 e. The predicted molar refractivity (Wildman–Crippen MR) is 205 cm³/mol. The summed E-state index contributed by atoms with van der Waals surface area (Å²) in [7, 11) is 0. The molecular formula is C38H28N8O2S3. The molecule has 3 aromatic rings. The van der Waals surface area contributed by atoms with Crippen molar-refractivity contribution in [2.24, 2.45) is 9.98 Å². The van der Waals surface area contributed by atoms with E-state index in [1.54, 1.807) is 25.2 Å². The van der Waals surface area contributed by atoms with Crippen LogP contribution in [0.4, 0.5) is 0 Å². The third kappa shape index (κ3) is 5.04. The van der Waals surface area contributed by atoms with E-state index in [2.05, 4.69) is 61.7 Å². The van der Waals surface area contributed by atoms with Gasteiger partial charge in [-0.05, 0) is 72.5 Å². The van der Waals surface area contributed by atoms with E-state index >= 15 is 0 Å². The minimum atomic E-state index is -0.516. The van der Waals surface area contributed by atoms with Gasteiger partial charge in [0.15, 0.2) is 10.1 Å². The molecule has 51 heavy (non-hydrogen) atoms. The van der Waals surface area contributed by atoms with Crippen LogP contribution in [0.15, 0.2) is 67.1 Å². The molecule has 0 N–H and O–H groups in total. The van der Waals surface area contributed by atoms with E-state index in [9.17, 15) is 20.1 Å². The normalized spacial score (nSPS) is 22.2. The molecule has 0 unspecified atom stereocenters. The number of nitriles is 2. The zero-order valence-electron chi connectivity index (χ0n) is 28.5. The number of benzene rings is 2. The highest BCUT2D eigenvalue weighted by Crippen LogP contribution is 2.50. The first-order valence-corrected chi connectivity index (χ1v) is 18.5. The van der Waals surface area contributed by atoms with Crippen molar-refractivity contribution in [1.82, 2.24) is 9.80 Å². The van der Waals surface area contributed by atoms with Crippen molar-refractivity contribution in [2.45, 2.75) is 52.4 Å². The second-order valence-electron chi connectivity index (χ2n) is 13.2. The van der Waals surface area contributed by atoms with Crippen molar-refractivity contribution in [3.63, 3.8) is 0 Å². The quantitative estimate of drug-likeness (QED) is 0.196. The number of allylic oxidation sites excluding steroid dienone is 4. The molecule has 250 valence electrons.